The van der Waals surface area contributed by atoms with Crippen LogP contribution in [0.25, 0.3) is 0 Å². The summed E-state index contributed by atoms with van der Waals surface area (Å²) in [4.78, 5) is 14.7. The molecule has 0 amide bonds. The highest BCUT2D eigenvalue weighted by atomic mass is 35.5. The average molecular weight is 510 g/mol. The Hall–Kier alpha value is -2.38. The molecule has 0 radical (unpaired) electrons. The van der Waals surface area contributed by atoms with Crippen LogP contribution in [0.15, 0.2) is 24.3 Å². The largest absolute Gasteiger partial charge is 0.491 e. The minimum Gasteiger partial charge on any atom is -0.491 e. The van der Waals surface area contributed by atoms with E-state index in [0.29, 0.717) is 97.5 Å². The lowest BCUT2D eigenvalue weighted by atomic mass is 10.0. The highest BCUT2D eigenvalue weighted by molar-refractivity contribution is 6.34. The minimum atomic E-state index is -0.738. The third kappa shape index (κ3) is 7.07. The first-order chi connectivity index (χ1) is 16.8. The highest BCUT2D eigenvalue weighted by Crippen LogP contribution is 2.48. The van der Waals surface area contributed by atoms with Crippen molar-refractivity contribution in [2.75, 3.05) is 40.0 Å². The molecule has 1 heterocycles. The van der Waals surface area contributed by atoms with Gasteiger partial charge < -0.3 is 14.2 Å². The van der Waals surface area contributed by atoms with E-state index >= 15 is 0 Å². The van der Waals surface area contributed by atoms with Gasteiger partial charge in [-0.05, 0) is 63.1 Å². The van der Waals surface area contributed by atoms with E-state index in [1.807, 2.05) is 6.07 Å². The summed E-state index contributed by atoms with van der Waals surface area (Å²) in [7, 11) is 1.49. The number of unbranched alkanes of at least 4 members (excludes halogenated alkanes) is 1. The van der Waals surface area contributed by atoms with E-state index < -0.39 is 6.17 Å². The SMILES string of the molecule is COc1c(Cl)c(C)c(C(C)=O)c(OCCN2CCC(F)CC2)c1OCCCCc1ccccc1F. The number of nitrogens with zero attached hydrogens (tertiary/aromatic N) is 1. The van der Waals surface area contributed by atoms with E-state index in [4.69, 9.17) is 25.8 Å². The van der Waals surface area contributed by atoms with Crippen LogP contribution in [0.5, 0.6) is 17.2 Å². The predicted octanol–water partition coefficient (Wildman–Crippen LogP) is 6.21. The monoisotopic (exact) mass is 509 g/mol. The zero-order valence-corrected chi connectivity index (χ0v) is 21.4. The van der Waals surface area contributed by atoms with E-state index in [2.05, 4.69) is 4.90 Å². The molecule has 1 saturated heterocycles. The van der Waals surface area contributed by atoms with Crippen molar-refractivity contribution in [3.8, 4) is 17.2 Å². The number of ether oxygens (including phenoxy) is 3. The third-order valence-electron chi connectivity index (χ3n) is 6.32. The van der Waals surface area contributed by atoms with Crippen LogP contribution in [0.1, 0.15) is 54.1 Å². The molecular weight excluding hydrogens is 476 g/mol. The zero-order chi connectivity index (χ0) is 25.4. The molecule has 3 rings (SSSR count). The van der Waals surface area contributed by atoms with Crippen molar-refractivity contribution in [1.82, 2.24) is 4.90 Å². The van der Waals surface area contributed by atoms with Gasteiger partial charge in [-0.3, -0.25) is 9.69 Å². The minimum absolute atomic E-state index is 0.190. The number of hydrogen-bond acceptors (Lipinski definition) is 5. The molecule has 2 aromatic carbocycles. The fourth-order valence-electron chi connectivity index (χ4n) is 4.34. The Morgan fingerprint density at radius 2 is 1.77 bits per heavy atom. The van der Waals surface area contributed by atoms with Crippen LogP contribution in [0.2, 0.25) is 5.02 Å². The number of methoxy groups -OCH3 is 1. The summed E-state index contributed by atoms with van der Waals surface area (Å²) >= 11 is 6.53. The lowest BCUT2D eigenvalue weighted by molar-refractivity contribution is 0.100. The molecule has 0 aliphatic carbocycles. The van der Waals surface area contributed by atoms with Crippen molar-refractivity contribution in [3.63, 3.8) is 0 Å². The van der Waals surface area contributed by atoms with Crippen LogP contribution in [0, 0.1) is 12.7 Å². The van der Waals surface area contributed by atoms with Crippen LogP contribution in [-0.4, -0.2) is 56.8 Å². The summed E-state index contributed by atoms with van der Waals surface area (Å²) in [6.07, 6.45) is 2.29. The predicted molar refractivity (Wildman–Crippen MR) is 134 cm³/mol. The van der Waals surface area contributed by atoms with Gasteiger partial charge in [0, 0.05) is 19.6 Å². The smallest absolute Gasteiger partial charge is 0.205 e. The normalized spacial score (nSPS) is 14.7. The second-order valence-electron chi connectivity index (χ2n) is 8.82. The Balaban J connectivity index is 1.72. The van der Waals surface area contributed by atoms with Gasteiger partial charge in [-0.2, -0.15) is 0 Å². The number of Topliss-reactive ketones (excluding diaryl/α,β-unsaturated/α-hetero) is 1. The van der Waals surface area contributed by atoms with E-state index in [0.717, 1.165) is 6.42 Å². The number of benzene rings is 2. The molecule has 0 aromatic heterocycles. The molecule has 0 N–H and O–H groups in total. The number of hydrogen-bond donors (Lipinski definition) is 0. The molecule has 0 atom stereocenters. The lowest BCUT2D eigenvalue weighted by Crippen LogP contribution is -2.37. The van der Waals surface area contributed by atoms with Gasteiger partial charge >= 0.3 is 0 Å². The number of piperidine rings is 1. The average Bonchev–Trinajstić information content (AvgIpc) is 2.83. The molecule has 0 unspecified atom stereocenters. The lowest BCUT2D eigenvalue weighted by Gasteiger charge is -2.28. The first kappa shape index (κ1) is 27.2. The Labute approximate surface area is 211 Å². The van der Waals surface area contributed by atoms with Gasteiger partial charge in [0.1, 0.15) is 18.6 Å². The Morgan fingerprint density at radius 1 is 1.09 bits per heavy atom. The number of aryl methyl sites for hydroxylation is 1. The van der Waals surface area contributed by atoms with Crippen molar-refractivity contribution in [2.24, 2.45) is 0 Å². The number of rotatable bonds is 12. The maximum atomic E-state index is 13.9. The quantitative estimate of drug-likeness (QED) is 0.251. The van der Waals surface area contributed by atoms with E-state index in [9.17, 15) is 13.6 Å². The Morgan fingerprint density at radius 3 is 2.43 bits per heavy atom. The van der Waals surface area contributed by atoms with Gasteiger partial charge in [0.25, 0.3) is 0 Å². The molecule has 2 aromatic rings. The molecule has 0 spiro atoms. The van der Waals surface area contributed by atoms with Gasteiger partial charge in [0.05, 0.1) is 24.3 Å². The third-order valence-corrected chi connectivity index (χ3v) is 6.77. The van der Waals surface area contributed by atoms with E-state index in [1.165, 1.54) is 20.1 Å². The molecule has 35 heavy (non-hydrogen) atoms. The molecule has 0 saturated carbocycles. The summed E-state index contributed by atoms with van der Waals surface area (Å²) in [5.41, 5.74) is 1.60. The van der Waals surface area contributed by atoms with Crippen LogP contribution in [0.4, 0.5) is 8.78 Å². The maximum Gasteiger partial charge on any atom is 0.205 e. The first-order valence-electron chi connectivity index (χ1n) is 12.1. The topological polar surface area (TPSA) is 48.0 Å². The fraction of sp³-hybridized carbons (Fsp3) is 0.519. The maximum absolute atomic E-state index is 13.9. The summed E-state index contributed by atoms with van der Waals surface area (Å²) in [5.74, 6) is 0.520. The summed E-state index contributed by atoms with van der Waals surface area (Å²) in [6.45, 7) is 5.81. The molecule has 192 valence electrons. The molecule has 1 fully saturated rings. The molecule has 0 bridgehead atoms. The standard InChI is InChI=1S/C27H34ClF2NO4/c1-18-23(19(2)32)25(35-17-15-31-13-11-21(29)12-14-31)27(26(33-3)24(18)28)34-16-7-6-9-20-8-4-5-10-22(20)30/h4-5,8,10,21H,6-7,9,11-17H2,1-3H3. The van der Waals surface area contributed by atoms with Crippen molar-refractivity contribution >= 4 is 17.4 Å². The van der Waals surface area contributed by atoms with E-state index in [-0.39, 0.29) is 11.6 Å². The van der Waals surface area contributed by atoms with Crippen LogP contribution >= 0.6 is 11.6 Å². The highest BCUT2D eigenvalue weighted by Gasteiger charge is 2.27. The second kappa shape index (κ2) is 13.1. The number of carbonyl (C=O) groups excluding carboxylic acids is 1. The first-order valence-corrected chi connectivity index (χ1v) is 12.5. The van der Waals surface area contributed by atoms with Gasteiger partial charge in [-0.25, -0.2) is 8.78 Å². The molecule has 5 nitrogen and oxygen atoms in total. The Bertz CT molecular complexity index is 1010. The number of likely N-dealkylation sites (tertiary alicyclic amines) is 1. The van der Waals surface area contributed by atoms with Gasteiger partial charge in [0.15, 0.2) is 17.3 Å². The summed E-state index contributed by atoms with van der Waals surface area (Å²) in [6, 6.07) is 6.73. The van der Waals surface area contributed by atoms with Crippen molar-refractivity contribution in [2.45, 2.75) is 52.1 Å². The number of carbonyl (C=O) groups is 1. The number of ketones is 1. The van der Waals surface area contributed by atoms with Crippen LogP contribution < -0.4 is 14.2 Å². The van der Waals surface area contributed by atoms with Crippen LogP contribution in [0.3, 0.4) is 0 Å². The Kier molecular flexibility index (Phi) is 10.2. The molecule has 8 heteroatoms. The van der Waals surface area contributed by atoms with Gasteiger partial charge in [-0.1, -0.05) is 29.8 Å². The fourth-order valence-corrected chi connectivity index (χ4v) is 4.59. The zero-order valence-electron chi connectivity index (χ0n) is 20.7. The number of alkyl halides is 1. The summed E-state index contributed by atoms with van der Waals surface area (Å²) < 4.78 is 45.0. The van der Waals surface area contributed by atoms with Crippen molar-refractivity contribution < 1.29 is 27.8 Å². The van der Waals surface area contributed by atoms with E-state index in [1.54, 1.807) is 19.1 Å². The molecule has 1 aliphatic rings. The van der Waals surface area contributed by atoms with Gasteiger partial charge in [0.2, 0.25) is 5.75 Å². The van der Waals surface area contributed by atoms with Crippen LogP contribution in [-0.2, 0) is 6.42 Å². The van der Waals surface area contributed by atoms with Gasteiger partial charge in [-0.15, -0.1) is 0 Å². The second-order valence-corrected chi connectivity index (χ2v) is 9.20. The molecule has 1 aliphatic heterocycles. The number of halogens is 3. The van der Waals surface area contributed by atoms with Crippen molar-refractivity contribution in [3.05, 3.63) is 51.8 Å². The molecular formula is C27H34ClF2NO4. The van der Waals surface area contributed by atoms with Crippen molar-refractivity contribution in [1.29, 1.82) is 0 Å². The summed E-state index contributed by atoms with van der Waals surface area (Å²) in [5, 5.41) is 0.302.